The number of fused-ring (bicyclic) bond motifs is 3. The Morgan fingerprint density at radius 3 is 2.41 bits per heavy atom. The molecule has 2 atom stereocenters. The van der Waals surface area contributed by atoms with Crippen molar-refractivity contribution in [1.29, 1.82) is 0 Å². The fraction of sp³-hybridized carbons (Fsp3) is 0.500. The number of halogens is 3. The molecule has 0 radical (unpaired) electrons. The molecule has 3 heterocycles. The van der Waals surface area contributed by atoms with Crippen LogP contribution in [0.4, 0.5) is 29.3 Å². The van der Waals surface area contributed by atoms with Crippen LogP contribution < -0.4 is 9.62 Å². The third-order valence-electron chi connectivity index (χ3n) is 6.47. The highest BCUT2D eigenvalue weighted by atomic mass is 32.2. The topological polar surface area (TPSA) is 87.5 Å². The molecule has 2 aliphatic heterocycles. The molecule has 1 saturated carbocycles. The molecule has 2 fully saturated rings. The first-order valence-corrected chi connectivity index (χ1v) is 12.2. The SMILES string of the molecule is O=C(Nc1cc(F)c(F)c(F)c1)N1Cc2c(N3CCCS3(=O)=O)cnn2[C@@H]2CCCC[C@@H]21. The summed E-state index contributed by atoms with van der Waals surface area (Å²) in [6.45, 7) is 0.454. The number of nitrogens with one attached hydrogen (secondary N) is 1. The van der Waals surface area contributed by atoms with Gasteiger partial charge in [-0.25, -0.2) is 26.4 Å². The van der Waals surface area contributed by atoms with Gasteiger partial charge in [0.05, 0.1) is 42.0 Å². The van der Waals surface area contributed by atoms with Crippen LogP contribution in [0.5, 0.6) is 0 Å². The highest BCUT2D eigenvalue weighted by Gasteiger charge is 2.42. The van der Waals surface area contributed by atoms with Gasteiger partial charge in [-0.2, -0.15) is 5.10 Å². The molecule has 12 heteroatoms. The summed E-state index contributed by atoms with van der Waals surface area (Å²) in [6.07, 6.45) is 5.41. The second kappa shape index (κ2) is 7.68. The molecule has 8 nitrogen and oxygen atoms in total. The Kier molecular flexibility index (Phi) is 5.06. The van der Waals surface area contributed by atoms with Crippen molar-refractivity contribution in [2.45, 2.75) is 50.7 Å². The van der Waals surface area contributed by atoms with Crippen molar-refractivity contribution >= 4 is 27.4 Å². The number of amides is 2. The highest BCUT2D eigenvalue weighted by molar-refractivity contribution is 7.93. The lowest BCUT2D eigenvalue weighted by Crippen LogP contribution is -2.52. The number of sulfonamides is 1. The van der Waals surface area contributed by atoms with E-state index in [9.17, 15) is 26.4 Å². The summed E-state index contributed by atoms with van der Waals surface area (Å²) in [5, 5.41) is 6.93. The summed E-state index contributed by atoms with van der Waals surface area (Å²) < 4.78 is 68.6. The number of anilines is 2. The van der Waals surface area contributed by atoms with Crippen molar-refractivity contribution in [1.82, 2.24) is 14.7 Å². The number of urea groups is 1. The lowest BCUT2D eigenvalue weighted by Gasteiger charge is -2.44. The number of rotatable bonds is 2. The van der Waals surface area contributed by atoms with Gasteiger partial charge in [0.2, 0.25) is 10.0 Å². The minimum atomic E-state index is -3.43. The van der Waals surface area contributed by atoms with E-state index < -0.39 is 33.5 Å². The van der Waals surface area contributed by atoms with E-state index in [0.717, 1.165) is 37.8 Å². The summed E-state index contributed by atoms with van der Waals surface area (Å²) in [6, 6.07) is 0.541. The Morgan fingerprint density at radius 2 is 1.75 bits per heavy atom. The van der Waals surface area contributed by atoms with Crippen LogP contribution in [-0.2, 0) is 16.6 Å². The summed E-state index contributed by atoms with van der Waals surface area (Å²) >= 11 is 0. The van der Waals surface area contributed by atoms with Gasteiger partial charge in [-0.05, 0) is 19.3 Å². The largest absolute Gasteiger partial charge is 0.322 e. The van der Waals surface area contributed by atoms with E-state index in [1.54, 1.807) is 4.90 Å². The highest BCUT2D eigenvalue weighted by Crippen LogP contribution is 2.41. The number of hydrogen-bond donors (Lipinski definition) is 1. The summed E-state index contributed by atoms with van der Waals surface area (Å²) in [7, 11) is -3.43. The number of carbonyl (C=O) groups is 1. The molecule has 1 saturated heterocycles. The molecule has 32 heavy (non-hydrogen) atoms. The average Bonchev–Trinajstić information content (AvgIpc) is 3.33. The van der Waals surface area contributed by atoms with Gasteiger partial charge in [-0.15, -0.1) is 0 Å². The average molecular weight is 469 g/mol. The zero-order valence-electron chi connectivity index (χ0n) is 17.1. The van der Waals surface area contributed by atoms with Crippen molar-refractivity contribution in [3.8, 4) is 0 Å². The van der Waals surface area contributed by atoms with Gasteiger partial charge in [0.15, 0.2) is 17.5 Å². The van der Waals surface area contributed by atoms with Crippen LogP contribution in [0.2, 0.25) is 0 Å². The standard InChI is InChI=1S/C20H22F3N5O3S/c21-13-8-12(9-14(22)19(13)23)25-20(29)26-11-18-17(27-6-3-7-32(27,30)31)10-24-28(18)16-5-2-1-4-15(16)26/h8-10,15-16H,1-7,11H2,(H,25,29)/t15-,16+/m0/s1. The number of nitrogens with zero attached hydrogens (tertiary/aromatic N) is 4. The first-order chi connectivity index (χ1) is 15.3. The molecule has 0 unspecified atom stereocenters. The Bertz CT molecular complexity index is 1160. The van der Waals surface area contributed by atoms with Crippen molar-refractivity contribution in [3.63, 3.8) is 0 Å². The van der Waals surface area contributed by atoms with Crippen LogP contribution in [0.3, 0.4) is 0 Å². The maximum absolute atomic E-state index is 13.6. The van der Waals surface area contributed by atoms with Crippen LogP contribution >= 0.6 is 0 Å². The zero-order chi connectivity index (χ0) is 22.6. The predicted octanol–water partition coefficient (Wildman–Crippen LogP) is 3.37. The van der Waals surface area contributed by atoms with Crippen LogP contribution in [0.1, 0.15) is 43.8 Å². The van der Waals surface area contributed by atoms with Crippen LogP contribution in [0, 0.1) is 17.5 Å². The van der Waals surface area contributed by atoms with E-state index in [-0.39, 0.29) is 30.1 Å². The van der Waals surface area contributed by atoms with Crippen LogP contribution in [0.25, 0.3) is 0 Å². The van der Waals surface area contributed by atoms with Gasteiger partial charge >= 0.3 is 6.03 Å². The Labute approximate surface area is 183 Å². The van der Waals surface area contributed by atoms with Gasteiger partial charge in [-0.3, -0.25) is 8.99 Å². The van der Waals surface area contributed by atoms with E-state index in [2.05, 4.69) is 10.4 Å². The number of hydrogen-bond acceptors (Lipinski definition) is 4. The maximum atomic E-state index is 13.6. The molecule has 2 aromatic rings. The second-order valence-corrected chi connectivity index (χ2v) is 10.4. The van der Waals surface area contributed by atoms with Crippen LogP contribution in [0.15, 0.2) is 18.3 Å². The molecule has 1 aromatic carbocycles. The van der Waals surface area contributed by atoms with Gasteiger partial charge in [0, 0.05) is 24.4 Å². The van der Waals surface area contributed by atoms with Gasteiger partial charge < -0.3 is 10.2 Å². The molecule has 0 bridgehead atoms. The predicted molar refractivity (Wildman–Crippen MR) is 110 cm³/mol. The zero-order valence-corrected chi connectivity index (χ0v) is 17.9. The van der Waals surface area contributed by atoms with E-state index in [0.29, 0.717) is 24.3 Å². The molecule has 172 valence electrons. The van der Waals surface area contributed by atoms with E-state index in [1.807, 2.05) is 4.68 Å². The lowest BCUT2D eigenvalue weighted by molar-refractivity contribution is 0.0937. The third-order valence-corrected chi connectivity index (χ3v) is 8.32. The Hall–Kier alpha value is -2.76. The van der Waals surface area contributed by atoms with Gasteiger partial charge in [0.1, 0.15) is 0 Å². The van der Waals surface area contributed by atoms with Crippen molar-refractivity contribution < 1.29 is 26.4 Å². The van der Waals surface area contributed by atoms with Crippen molar-refractivity contribution in [2.24, 2.45) is 0 Å². The van der Waals surface area contributed by atoms with Gasteiger partial charge in [-0.1, -0.05) is 12.8 Å². The molecule has 1 N–H and O–H groups in total. The molecule has 2 amide bonds. The lowest BCUT2D eigenvalue weighted by atomic mass is 9.87. The molecular weight excluding hydrogens is 447 g/mol. The van der Waals surface area contributed by atoms with Gasteiger partial charge in [0.25, 0.3) is 0 Å². The Morgan fingerprint density at radius 1 is 1.06 bits per heavy atom. The van der Waals surface area contributed by atoms with Crippen molar-refractivity contribution in [3.05, 3.63) is 41.5 Å². The fourth-order valence-corrected chi connectivity index (χ4v) is 6.57. The van der Waals surface area contributed by atoms with E-state index in [1.165, 1.54) is 10.5 Å². The molecule has 1 aromatic heterocycles. The Balaban J connectivity index is 1.48. The normalized spacial score (nSPS) is 24.2. The monoisotopic (exact) mass is 469 g/mol. The number of aromatic nitrogens is 2. The summed E-state index contributed by atoms with van der Waals surface area (Å²) in [4.78, 5) is 14.7. The number of carbonyl (C=O) groups excluding carboxylic acids is 1. The molecular formula is C20H22F3N5O3S. The van der Waals surface area contributed by atoms with Crippen LogP contribution in [-0.4, -0.2) is 47.5 Å². The fourth-order valence-electron chi connectivity index (χ4n) is 5.00. The quantitative estimate of drug-likeness (QED) is 0.684. The molecule has 3 aliphatic rings. The summed E-state index contributed by atoms with van der Waals surface area (Å²) in [5.41, 5.74) is 0.883. The van der Waals surface area contributed by atoms with Crippen molar-refractivity contribution in [2.75, 3.05) is 21.9 Å². The minimum Gasteiger partial charge on any atom is -0.313 e. The second-order valence-electron chi connectivity index (χ2n) is 8.39. The minimum absolute atomic E-state index is 0.0650. The summed E-state index contributed by atoms with van der Waals surface area (Å²) in [5.74, 6) is -4.33. The van der Waals surface area contributed by atoms with E-state index >= 15 is 0 Å². The molecule has 5 rings (SSSR count). The molecule has 1 aliphatic carbocycles. The number of benzene rings is 1. The van der Waals surface area contributed by atoms with E-state index in [4.69, 9.17) is 0 Å². The molecule has 0 spiro atoms. The third kappa shape index (κ3) is 3.40. The maximum Gasteiger partial charge on any atom is 0.322 e. The first kappa shape index (κ1) is 21.1. The smallest absolute Gasteiger partial charge is 0.313 e. The first-order valence-electron chi connectivity index (χ1n) is 10.6.